The number of aromatic nitrogens is 1. The summed E-state index contributed by atoms with van der Waals surface area (Å²) in [6.45, 7) is 4.89. The van der Waals surface area contributed by atoms with Crippen LogP contribution in [0.15, 0.2) is 36.5 Å². The van der Waals surface area contributed by atoms with Gasteiger partial charge in [-0.05, 0) is 43.2 Å². The van der Waals surface area contributed by atoms with Crippen molar-refractivity contribution in [1.29, 1.82) is 0 Å². The standard InChI is InChI=1S/C20H20Cl3N3O4/c1-10(2)16(25-19(28)12-4-6-13(21)7-5-12)20(29)30-11(3)18(27)26-17-15(23)8-14(22)9-24-17/h4-11,16H,1-3H3,(H,25,28)(H,24,26,27)/t11-,16-/m0/s1. The van der Waals surface area contributed by atoms with E-state index in [1.54, 1.807) is 38.1 Å². The zero-order valence-electron chi connectivity index (χ0n) is 16.4. The van der Waals surface area contributed by atoms with E-state index in [1.165, 1.54) is 19.2 Å². The smallest absolute Gasteiger partial charge is 0.329 e. The molecule has 0 spiro atoms. The second-order valence-electron chi connectivity index (χ2n) is 6.75. The van der Waals surface area contributed by atoms with Crippen LogP contribution < -0.4 is 10.6 Å². The van der Waals surface area contributed by atoms with Gasteiger partial charge in [-0.3, -0.25) is 9.59 Å². The summed E-state index contributed by atoms with van der Waals surface area (Å²) in [4.78, 5) is 41.3. The summed E-state index contributed by atoms with van der Waals surface area (Å²) >= 11 is 17.6. The Balaban J connectivity index is 2.01. The second kappa shape index (κ2) is 10.6. The summed E-state index contributed by atoms with van der Waals surface area (Å²) in [5.74, 6) is -2.03. The molecule has 1 heterocycles. The van der Waals surface area contributed by atoms with Crippen LogP contribution in [-0.4, -0.2) is 34.9 Å². The SMILES string of the molecule is CC(C)[C@H](NC(=O)c1ccc(Cl)cc1)C(=O)O[C@@H](C)C(=O)Nc1ncc(Cl)cc1Cl. The maximum Gasteiger partial charge on any atom is 0.329 e. The molecule has 7 nitrogen and oxygen atoms in total. The van der Waals surface area contributed by atoms with Gasteiger partial charge in [-0.1, -0.05) is 48.7 Å². The molecule has 0 radical (unpaired) electrons. The summed E-state index contributed by atoms with van der Waals surface area (Å²) in [5.41, 5.74) is 0.340. The lowest BCUT2D eigenvalue weighted by molar-refractivity contribution is -0.156. The van der Waals surface area contributed by atoms with Crippen LogP contribution in [0.1, 0.15) is 31.1 Å². The number of benzene rings is 1. The van der Waals surface area contributed by atoms with E-state index in [4.69, 9.17) is 39.5 Å². The average molecular weight is 473 g/mol. The number of nitrogens with one attached hydrogen (secondary N) is 2. The first kappa shape index (κ1) is 23.9. The van der Waals surface area contributed by atoms with Crippen molar-refractivity contribution in [2.24, 2.45) is 5.92 Å². The molecule has 160 valence electrons. The van der Waals surface area contributed by atoms with E-state index in [1.807, 2.05) is 0 Å². The highest BCUT2D eigenvalue weighted by Crippen LogP contribution is 2.22. The molecule has 0 fully saturated rings. The molecule has 2 aromatic rings. The Bertz CT molecular complexity index is 935. The number of carbonyl (C=O) groups is 3. The molecule has 0 saturated carbocycles. The second-order valence-corrected chi connectivity index (χ2v) is 8.03. The molecule has 0 aliphatic heterocycles. The van der Waals surface area contributed by atoms with Crippen molar-refractivity contribution in [3.05, 3.63) is 57.2 Å². The van der Waals surface area contributed by atoms with E-state index in [9.17, 15) is 14.4 Å². The van der Waals surface area contributed by atoms with Gasteiger partial charge >= 0.3 is 5.97 Å². The molecule has 10 heteroatoms. The fraction of sp³-hybridized carbons (Fsp3) is 0.300. The number of hydrogen-bond acceptors (Lipinski definition) is 5. The van der Waals surface area contributed by atoms with Gasteiger partial charge < -0.3 is 15.4 Å². The van der Waals surface area contributed by atoms with Crippen molar-refractivity contribution in [1.82, 2.24) is 10.3 Å². The third-order valence-electron chi connectivity index (χ3n) is 4.03. The van der Waals surface area contributed by atoms with Crippen LogP contribution in [0.4, 0.5) is 5.82 Å². The van der Waals surface area contributed by atoms with Gasteiger partial charge in [0.05, 0.1) is 10.0 Å². The van der Waals surface area contributed by atoms with Crippen LogP contribution in [0.3, 0.4) is 0 Å². The predicted molar refractivity (Wildman–Crippen MR) is 116 cm³/mol. The first-order valence-electron chi connectivity index (χ1n) is 8.97. The number of halogens is 3. The molecule has 1 aromatic heterocycles. The van der Waals surface area contributed by atoms with E-state index < -0.39 is 29.9 Å². The Hall–Kier alpha value is -2.35. The van der Waals surface area contributed by atoms with Crippen molar-refractivity contribution in [2.45, 2.75) is 32.9 Å². The Kier molecular flexibility index (Phi) is 8.46. The lowest BCUT2D eigenvalue weighted by Crippen LogP contribution is -2.47. The number of pyridine rings is 1. The molecule has 2 rings (SSSR count). The van der Waals surface area contributed by atoms with Gasteiger partial charge in [0, 0.05) is 16.8 Å². The molecule has 1 aromatic carbocycles. The van der Waals surface area contributed by atoms with Gasteiger partial charge in [0.2, 0.25) is 0 Å². The van der Waals surface area contributed by atoms with Crippen LogP contribution in [0.25, 0.3) is 0 Å². The van der Waals surface area contributed by atoms with Crippen molar-refractivity contribution in [3.63, 3.8) is 0 Å². The summed E-state index contributed by atoms with van der Waals surface area (Å²) in [5, 5.41) is 6.03. The summed E-state index contributed by atoms with van der Waals surface area (Å²) < 4.78 is 5.24. The molecule has 30 heavy (non-hydrogen) atoms. The highest BCUT2D eigenvalue weighted by Gasteiger charge is 2.29. The maximum absolute atomic E-state index is 12.6. The van der Waals surface area contributed by atoms with E-state index in [0.29, 0.717) is 15.6 Å². The number of carbonyl (C=O) groups excluding carboxylic acids is 3. The Morgan fingerprint density at radius 2 is 1.63 bits per heavy atom. The van der Waals surface area contributed by atoms with Gasteiger partial charge in [0.15, 0.2) is 11.9 Å². The summed E-state index contributed by atoms with van der Waals surface area (Å²) in [7, 11) is 0. The molecule has 0 bridgehead atoms. The zero-order valence-corrected chi connectivity index (χ0v) is 18.7. The van der Waals surface area contributed by atoms with Gasteiger partial charge in [0.1, 0.15) is 6.04 Å². The summed E-state index contributed by atoms with van der Waals surface area (Å²) in [6, 6.07) is 6.69. The van der Waals surface area contributed by atoms with Gasteiger partial charge in [-0.15, -0.1) is 0 Å². The third-order valence-corrected chi connectivity index (χ3v) is 4.77. The van der Waals surface area contributed by atoms with E-state index >= 15 is 0 Å². The van der Waals surface area contributed by atoms with E-state index in [0.717, 1.165) is 0 Å². The first-order chi connectivity index (χ1) is 14.1. The summed E-state index contributed by atoms with van der Waals surface area (Å²) in [6.07, 6.45) is 0.167. The van der Waals surface area contributed by atoms with Crippen LogP contribution in [0.5, 0.6) is 0 Å². The Morgan fingerprint density at radius 1 is 1.00 bits per heavy atom. The van der Waals surface area contributed by atoms with Crippen LogP contribution in [-0.2, 0) is 14.3 Å². The lowest BCUT2D eigenvalue weighted by Gasteiger charge is -2.23. The molecule has 2 atom stereocenters. The highest BCUT2D eigenvalue weighted by molar-refractivity contribution is 6.36. The van der Waals surface area contributed by atoms with Gasteiger partial charge in [-0.25, -0.2) is 9.78 Å². The largest absolute Gasteiger partial charge is 0.451 e. The van der Waals surface area contributed by atoms with Crippen LogP contribution in [0, 0.1) is 5.92 Å². The molecule has 0 unspecified atom stereocenters. The molecule has 2 amide bonds. The normalized spacial score (nSPS) is 12.8. The van der Waals surface area contributed by atoms with Gasteiger partial charge in [-0.2, -0.15) is 0 Å². The number of ether oxygens (including phenoxy) is 1. The monoisotopic (exact) mass is 471 g/mol. The van der Waals surface area contributed by atoms with E-state index in [-0.39, 0.29) is 16.8 Å². The molecular weight excluding hydrogens is 453 g/mol. The number of anilines is 1. The Labute approximate surface area is 189 Å². The maximum atomic E-state index is 12.6. The van der Waals surface area contributed by atoms with Crippen molar-refractivity contribution >= 4 is 58.4 Å². The molecular formula is C20H20Cl3N3O4. The Morgan fingerprint density at radius 3 is 2.20 bits per heavy atom. The first-order valence-corrected chi connectivity index (χ1v) is 10.1. The molecule has 2 N–H and O–H groups in total. The third kappa shape index (κ3) is 6.58. The van der Waals surface area contributed by atoms with E-state index in [2.05, 4.69) is 15.6 Å². The molecule has 0 aliphatic carbocycles. The van der Waals surface area contributed by atoms with Crippen molar-refractivity contribution in [3.8, 4) is 0 Å². The molecule has 0 aliphatic rings. The minimum absolute atomic E-state index is 0.0883. The lowest BCUT2D eigenvalue weighted by atomic mass is 10.0. The van der Waals surface area contributed by atoms with Crippen molar-refractivity contribution < 1.29 is 19.1 Å². The number of nitrogens with zero attached hydrogens (tertiary/aromatic N) is 1. The highest BCUT2D eigenvalue weighted by atomic mass is 35.5. The fourth-order valence-electron chi connectivity index (χ4n) is 2.35. The van der Waals surface area contributed by atoms with Crippen molar-refractivity contribution in [2.75, 3.05) is 5.32 Å². The zero-order chi connectivity index (χ0) is 22.4. The molecule has 0 saturated heterocycles. The fourth-order valence-corrected chi connectivity index (χ4v) is 2.90. The van der Waals surface area contributed by atoms with Gasteiger partial charge in [0.25, 0.3) is 11.8 Å². The topological polar surface area (TPSA) is 97.4 Å². The number of rotatable bonds is 7. The average Bonchev–Trinajstić information content (AvgIpc) is 2.68. The minimum atomic E-state index is -1.15. The van der Waals surface area contributed by atoms with Crippen LogP contribution in [0.2, 0.25) is 15.1 Å². The predicted octanol–water partition coefficient (Wildman–Crippen LogP) is 4.37. The number of esters is 1. The van der Waals surface area contributed by atoms with Crippen LogP contribution >= 0.6 is 34.8 Å². The minimum Gasteiger partial charge on any atom is -0.451 e. The number of amides is 2. The quantitative estimate of drug-likeness (QED) is 0.583. The number of hydrogen-bond donors (Lipinski definition) is 2.